The molecule has 8 amide bonds. The van der Waals surface area contributed by atoms with E-state index in [2.05, 4.69) is 21.5 Å². The van der Waals surface area contributed by atoms with Gasteiger partial charge in [0.2, 0.25) is 11.8 Å². The summed E-state index contributed by atoms with van der Waals surface area (Å²) in [7, 11) is 0. The van der Waals surface area contributed by atoms with Crippen molar-refractivity contribution in [3.63, 3.8) is 0 Å². The second-order valence-electron chi connectivity index (χ2n) is 13.1. The molecule has 314 valence electrons. The summed E-state index contributed by atoms with van der Waals surface area (Å²) < 4.78 is 31.4. The molecular formula is C34H50Cl2F2N8O10. The number of amides is 8. The number of halogens is 4. The van der Waals surface area contributed by atoms with E-state index >= 15 is 0 Å². The Bertz CT molecular complexity index is 1470. The van der Waals surface area contributed by atoms with Gasteiger partial charge in [-0.05, 0) is 30.2 Å². The van der Waals surface area contributed by atoms with E-state index in [-0.39, 0.29) is 57.2 Å². The van der Waals surface area contributed by atoms with Crippen LogP contribution in [0.2, 0.25) is 0 Å². The molecule has 1 aromatic carbocycles. The molecule has 1 fully saturated rings. The number of carbonyl (C=O) groups excluding carboxylic acids is 7. The van der Waals surface area contributed by atoms with E-state index in [0.717, 1.165) is 37.7 Å². The smallest absolute Gasteiger partial charge is 0.408 e. The Morgan fingerprint density at radius 2 is 1.29 bits per heavy atom. The lowest BCUT2D eigenvalue weighted by Crippen LogP contribution is -2.56. The lowest BCUT2D eigenvalue weighted by Gasteiger charge is -2.29. The highest BCUT2D eigenvalue weighted by Crippen LogP contribution is 2.27. The third-order valence-corrected chi connectivity index (χ3v) is 8.37. The van der Waals surface area contributed by atoms with Gasteiger partial charge in [0.05, 0.1) is 13.1 Å². The molecule has 1 aromatic rings. The average Bonchev–Trinajstić information content (AvgIpc) is 3.13. The van der Waals surface area contributed by atoms with Crippen LogP contribution in [0.5, 0.6) is 0 Å². The third-order valence-electron chi connectivity index (χ3n) is 8.00. The summed E-state index contributed by atoms with van der Waals surface area (Å²) in [4.78, 5) is 93.6. The molecule has 2 rings (SSSR count). The van der Waals surface area contributed by atoms with Crippen LogP contribution >= 0.6 is 23.2 Å². The van der Waals surface area contributed by atoms with Crippen molar-refractivity contribution in [1.82, 2.24) is 31.5 Å². The van der Waals surface area contributed by atoms with Crippen molar-refractivity contribution >= 4 is 70.8 Å². The van der Waals surface area contributed by atoms with Gasteiger partial charge in [-0.3, -0.25) is 39.6 Å². The van der Waals surface area contributed by atoms with E-state index < -0.39 is 71.0 Å². The summed E-state index contributed by atoms with van der Waals surface area (Å²) in [6, 6.07) is 6.75. The molecule has 0 spiro atoms. The largest absolute Gasteiger partial charge is 0.465 e. The fourth-order valence-corrected chi connectivity index (χ4v) is 5.53. The Hall–Kier alpha value is -4.98. The number of carbonyl (C=O) groups is 8. The lowest BCUT2D eigenvalue weighted by molar-refractivity contribution is -0.144. The van der Waals surface area contributed by atoms with Gasteiger partial charge in [0.15, 0.2) is 0 Å². The summed E-state index contributed by atoms with van der Waals surface area (Å²) in [6.07, 6.45) is 2.46. The van der Waals surface area contributed by atoms with Gasteiger partial charge in [-0.1, -0.05) is 99.5 Å². The van der Waals surface area contributed by atoms with Crippen molar-refractivity contribution in [2.45, 2.75) is 102 Å². The van der Waals surface area contributed by atoms with Gasteiger partial charge in [0.25, 0.3) is 34.9 Å². The Morgan fingerprint density at radius 3 is 1.71 bits per heavy atom. The van der Waals surface area contributed by atoms with Gasteiger partial charge in [0.1, 0.15) is 18.7 Å². The summed E-state index contributed by atoms with van der Waals surface area (Å²) in [6.45, 7) is 2.89. The van der Waals surface area contributed by atoms with E-state index in [1.807, 2.05) is 19.9 Å². The molecule has 3 unspecified atom stereocenters. The number of alkyl halides is 4. The zero-order chi connectivity index (χ0) is 42.4. The molecule has 0 radical (unpaired) electrons. The molecule has 18 nitrogen and oxygen atoms in total. The molecule has 4 atom stereocenters. The van der Waals surface area contributed by atoms with Crippen LogP contribution in [0.4, 0.5) is 18.4 Å². The van der Waals surface area contributed by atoms with Gasteiger partial charge in [-0.25, -0.2) is 28.4 Å². The summed E-state index contributed by atoms with van der Waals surface area (Å²) in [5.74, 6) is -5.51. The topological polar surface area (TPSA) is 273 Å². The lowest BCUT2D eigenvalue weighted by atomic mass is 9.84. The highest BCUT2D eigenvalue weighted by atomic mass is 35.5. The molecule has 0 bridgehead atoms. The zero-order valence-electron chi connectivity index (χ0n) is 31.0. The first-order valence-electron chi connectivity index (χ1n) is 17.6. The minimum Gasteiger partial charge on any atom is -0.465 e. The molecule has 9 N–H and O–H groups in total. The van der Waals surface area contributed by atoms with Crippen molar-refractivity contribution in [2.24, 2.45) is 23.3 Å². The maximum absolute atomic E-state index is 13.2. The van der Waals surface area contributed by atoms with E-state index in [4.69, 9.17) is 44.5 Å². The number of carboxylic acid groups (broad SMARTS) is 1. The maximum Gasteiger partial charge on any atom is 0.408 e. The van der Waals surface area contributed by atoms with Gasteiger partial charge in [-0.15, -0.1) is 0 Å². The first-order valence-corrected chi connectivity index (χ1v) is 18.5. The number of hydrazine groups is 2. The van der Waals surface area contributed by atoms with E-state index in [1.165, 1.54) is 0 Å². The average molecular weight is 840 g/mol. The van der Waals surface area contributed by atoms with Crippen LogP contribution in [0.15, 0.2) is 30.3 Å². The minimum atomic E-state index is -2.43. The summed E-state index contributed by atoms with van der Waals surface area (Å²) in [5, 5.41) is 14.6. The third kappa shape index (κ3) is 20.6. The Labute approximate surface area is 332 Å². The number of nitrogens with zero attached hydrogens (tertiary/aromatic N) is 2. The van der Waals surface area contributed by atoms with Crippen LogP contribution in [0, 0.1) is 11.8 Å². The van der Waals surface area contributed by atoms with Crippen molar-refractivity contribution in [3.8, 4) is 0 Å². The molecule has 0 heterocycles. The summed E-state index contributed by atoms with van der Waals surface area (Å²) in [5.41, 5.74) is 10.2. The second kappa shape index (κ2) is 26.0. The molecular weight excluding hydrogens is 789 g/mol. The van der Waals surface area contributed by atoms with E-state index in [1.54, 1.807) is 24.3 Å². The predicted octanol–water partition coefficient (Wildman–Crippen LogP) is 2.46. The van der Waals surface area contributed by atoms with Gasteiger partial charge >= 0.3 is 12.2 Å². The molecule has 1 aliphatic carbocycles. The van der Waals surface area contributed by atoms with Crippen LogP contribution in [0.3, 0.4) is 0 Å². The number of ether oxygens (including phenoxy) is 1. The van der Waals surface area contributed by atoms with Crippen molar-refractivity contribution < 1.29 is 57.0 Å². The Balaban J connectivity index is 0.000000566. The first kappa shape index (κ1) is 49.0. The fraction of sp³-hybridized carbons (Fsp3) is 0.588. The monoisotopic (exact) mass is 838 g/mol. The number of hydrogen-bond acceptors (Lipinski definition) is 9. The number of hydrogen-bond donors (Lipinski definition) is 7. The van der Waals surface area contributed by atoms with Crippen molar-refractivity contribution in [1.29, 1.82) is 0 Å². The number of alkyl carbamates (subject to hydrolysis) is 1. The van der Waals surface area contributed by atoms with Crippen LogP contribution in [0.1, 0.15) is 77.2 Å². The van der Waals surface area contributed by atoms with Crippen molar-refractivity contribution in [3.05, 3.63) is 35.9 Å². The predicted molar refractivity (Wildman–Crippen MR) is 198 cm³/mol. The molecule has 56 heavy (non-hydrogen) atoms. The molecule has 22 heteroatoms. The Morgan fingerprint density at radius 1 is 0.804 bits per heavy atom. The highest BCUT2D eigenvalue weighted by molar-refractivity contribution is 6.29. The SMILES string of the molecule is CC(C)C[C@@H](NC(=O)OCc1ccccc1)C(=O)NN(CCC(N)=O)C(=O)C(F)Cl.NC(=O)CCN(NC(=O)C(CC1CCCCC1)NC(=O)O)C(=O)C(F)Cl. The fourth-order valence-electron chi connectivity index (χ4n) is 5.29. The zero-order valence-corrected chi connectivity index (χ0v) is 32.5. The highest BCUT2D eigenvalue weighted by Gasteiger charge is 2.31. The van der Waals surface area contributed by atoms with Crippen LogP contribution in [-0.2, 0) is 40.1 Å². The normalized spacial score (nSPS) is 14.6. The minimum absolute atomic E-state index is 0.00168. The van der Waals surface area contributed by atoms with Crippen LogP contribution < -0.4 is 33.0 Å². The number of nitrogens with one attached hydrogen (secondary N) is 4. The number of primary amides is 2. The van der Waals surface area contributed by atoms with Crippen LogP contribution in [-0.4, -0.2) is 99.2 Å². The first-order chi connectivity index (χ1) is 26.3. The Kier molecular flexibility index (Phi) is 22.7. The molecule has 0 saturated heterocycles. The standard InChI is InChI=1S/C19H26ClFN4O5.C15H24ClFN4O5/c1-12(2)10-14(23-19(29)30-11-13-6-4-3-5-7-13)17(27)24-25(9-8-15(22)26)18(28)16(20)21;16-12(17)14(24)21(7-6-11(18)22)20-13(23)10(19-15(25)26)8-9-4-2-1-3-5-9/h3-7,12,14,16H,8-11H2,1-2H3,(H2,22,26)(H,23,29)(H,24,27);9-10,12,19H,1-8H2,(H2,18,22)(H,20,23)(H,25,26)/t14-,16?;/m1./s1. The van der Waals surface area contributed by atoms with Crippen molar-refractivity contribution in [2.75, 3.05) is 13.1 Å². The maximum atomic E-state index is 13.2. The van der Waals surface area contributed by atoms with Gasteiger partial charge < -0.3 is 31.9 Å². The second-order valence-corrected chi connectivity index (χ2v) is 13.9. The van der Waals surface area contributed by atoms with Crippen LogP contribution in [0.25, 0.3) is 0 Å². The van der Waals surface area contributed by atoms with E-state index in [0.29, 0.717) is 10.0 Å². The number of rotatable bonds is 18. The number of benzene rings is 1. The molecule has 0 aromatic heterocycles. The summed E-state index contributed by atoms with van der Waals surface area (Å²) >= 11 is 10.3. The molecule has 0 aliphatic heterocycles. The van der Waals surface area contributed by atoms with E-state index in [9.17, 15) is 47.1 Å². The number of nitrogens with two attached hydrogens (primary N) is 2. The molecule has 1 saturated carbocycles. The van der Waals surface area contributed by atoms with Gasteiger partial charge in [0, 0.05) is 12.8 Å². The van der Waals surface area contributed by atoms with Gasteiger partial charge in [-0.2, -0.15) is 0 Å². The molecule has 1 aliphatic rings. The quantitative estimate of drug-likeness (QED) is 0.0838.